The van der Waals surface area contributed by atoms with Gasteiger partial charge in [-0.05, 0) is 30.9 Å². The van der Waals surface area contributed by atoms with Crippen LogP contribution in [0.3, 0.4) is 0 Å². The lowest BCUT2D eigenvalue weighted by Gasteiger charge is -2.51. The summed E-state index contributed by atoms with van der Waals surface area (Å²) in [7, 11) is 0. The van der Waals surface area contributed by atoms with Crippen molar-refractivity contribution >= 4 is 17.3 Å². The topological polar surface area (TPSA) is 79.2 Å². The van der Waals surface area contributed by atoms with Gasteiger partial charge in [0.1, 0.15) is 0 Å². The number of piperazine rings is 1. The zero-order chi connectivity index (χ0) is 20.7. The third kappa shape index (κ3) is 3.56. The lowest BCUT2D eigenvalue weighted by atomic mass is 9.82. The van der Waals surface area contributed by atoms with Gasteiger partial charge in [-0.3, -0.25) is 19.8 Å². The van der Waals surface area contributed by atoms with Gasteiger partial charge in [0, 0.05) is 56.6 Å². The number of nitrogens with zero attached hydrogens (tertiary/aromatic N) is 4. The summed E-state index contributed by atoms with van der Waals surface area (Å²) in [4.78, 5) is 31.4. The Balaban J connectivity index is 1.46. The number of morpholine rings is 1. The average molecular weight is 415 g/mol. The Labute approximate surface area is 176 Å². The van der Waals surface area contributed by atoms with Crippen LogP contribution in [0.1, 0.15) is 31.2 Å². The van der Waals surface area contributed by atoms with Crippen molar-refractivity contribution in [2.24, 2.45) is 5.92 Å². The van der Waals surface area contributed by atoms with Gasteiger partial charge < -0.3 is 14.5 Å². The Hall–Kier alpha value is -2.19. The summed E-state index contributed by atoms with van der Waals surface area (Å²) >= 11 is 0. The van der Waals surface area contributed by atoms with Gasteiger partial charge in [-0.25, -0.2) is 0 Å². The van der Waals surface area contributed by atoms with E-state index in [2.05, 4.69) is 9.80 Å². The van der Waals surface area contributed by atoms with Crippen LogP contribution in [0.25, 0.3) is 0 Å². The van der Waals surface area contributed by atoms with Gasteiger partial charge >= 0.3 is 0 Å². The number of ether oxygens (including phenoxy) is 1. The van der Waals surface area contributed by atoms with Crippen molar-refractivity contribution < 1.29 is 14.5 Å². The highest BCUT2D eigenvalue weighted by atomic mass is 16.6. The zero-order valence-electron chi connectivity index (χ0n) is 17.4. The largest absolute Gasteiger partial charge is 0.378 e. The molecule has 1 aromatic carbocycles. The molecule has 1 saturated carbocycles. The molecular weight excluding hydrogens is 384 g/mol. The molecule has 0 aromatic heterocycles. The highest BCUT2D eigenvalue weighted by molar-refractivity contribution is 5.82. The van der Waals surface area contributed by atoms with Gasteiger partial charge in [-0.1, -0.05) is 12.8 Å². The molecule has 5 rings (SSSR count). The first kappa shape index (κ1) is 19.8. The molecule has 0 spiro atoms. The average Bonchev–Trinajstić information content (AvgIpc) is 3.33. The Kier molecular flexibility index (Phi) is 5.37. The van der Waals surface area contributed by atoms with Gasteiger partial charge in [-0.2, -0.15) is 0 Å². The Morgan fingerprint density at radius 3 is 2.60 bits per heavy atom. The maximum absolute atomic E-state index is 13.6. The Morgan fingerprint density at radius 2 is 1.87 bits per heavy atom. The minimum absolute atomic E-state index is 0.106. The van der Waals surface area contributed by atoms with Crippen molar-refractivity contribution in [1.29, 1.82) is 0 Å². The zero-order valence-corrected chi connectivity index (χ0v) is 17.4. The molecule has 0 bridgehead atoms. The fourth-order valence-electron chi connectivity index (χ4n) is 5.85. The van der Waals surface area contributed by atoms with Crippen molar-refractivity contribution in [1.82, 2.24) is 9.80 Å². The van der Waals surface area contributed by atoms with Crippen LogP contribution in [0.2, 0.25) is 0 Å². The van der Waals surface area contributed by atoms with E-state index in [-0.39, 0.29) is 28.5 Å². The molecule has 30 heavy (non-hydrogen) atoms. The lowest BCUT2D eigenvalue weighted by molar-refractivity contribution is -0.384. The molecule has 1 aliphatic carbocycles. The fraction of sp³-hybridized carbons (Fsp3) is 0.682. The maximum Gasteiger partial charge on any atom is 0.269 e. The molecular formula is C22H30N4O4. The molecule has 8 heteroatoms. The molecule has 4 aliphatic rings. The minimum atomic E-state index is -0.344. The molecule has 0 radical (unpaired) electrons. The summed E-state index contributed by atoms with van der Waals surface area (Å²) in [6, 6.07) is 5.94. The normalized spacial score (nSPS) is 27.6. The second-order valence-electron chi connectivity index (χ2n) is 9.01. The number of non-ortho nitro benzene ring substituents is 1. The van der Waals surface area contributed by atoms with E-state index in [9.17, 15) is 14.9 Å². The first-order valence-electron chi connectivity index (χ1n) is 11.3. The monoisotopic (exact) mass is 414 g/mol. The summed E-state index contributed by atoms with van der Waals surface area (Å²) in [6.45, 7) is 5.22. The van der Waals surface area contributed by atoms with Crippen molar-refractivity contribution in [3.8, 4) is 0 Å². The van der Waals surface area contributed by atoms with E-state index in [0.717, 1.165) is 30.9 Å². The van der Waals surface area contributed by atoms with Crippen LogP contribution < -0.4 is 4.90 Å². The van der Waals surface area contributed by atoms with Crippen molar-refractivity contribution in [2.45, 2.75) is 44.2 Å². The Morgan fingerprint density at radius 1 is 1.10 bits per heavy atom. The van der Waals surface area contributed by atoms with Crippen LogP contribution in [0.4, 0.5) is 11.4 Å². The summed E-state index contributed by atoms with van der Waals surface area (Å²) in [5.74, 6) is 0.0144. The number of nitro groups is 1. The van der Waals surface area contributed by atoms with Crippen LogP contribution >= 0.6 is 0 Å². The summed E-state index contributed by atoms with van der Waals surface area (Å²) in [6.07, 6.45) is 5.71. The number of rotatable bonds is 3. The number of carbonyl (C=O) groups excluding carboxylic acids is 1. The van der Waals surface area contributed by atoms with E-state index in [0.29, 0.717) is 38.8 Å². The number of fused-ring (bicyclic) bond motifs is 3. The van der Waals surface area contributed by atoms with E-state index in [1.807, 2.05) is 11.0 Å². The summed E-state index contributed by atoms with van der Waals surface area (Å²) < 4.78 is 5.44. The third-order valence-corrected chi connectivity index (χ3v) is 7.42. The standard InChI is InChI=1S/C22H30N4O4/c27-22(23-9-11-30-12-10-23)19-14-16-13-18(26(28)29)5-6-20(16)25-8-7-24(15-21(19)25)17-3-1-2-4-17/h5-6,13,17,19,21H,1-4,7-12,14-15H2/t19-,21+/m0/s1. The molecule has 0 N–H and O–H groups in total. The molecule has 2 atom stereocenters. The van der Waals surface area contributed by atoms with Gasteiger partial charge in [0.2, 0.25) is 5.91 Å². The highest BCUT2D eigenvalue weighted by Gasteiger charge is 2.44. The number of nitro benzene ring substituents is 1. The van der Waals surface area contributed by atoms with E-state index >= 15 is 0 Å². The molecule has 3 fully saturated rings. The Bertz CT molecular complexity index is 819. The van der Waals surface area contributed by atoms with Gasteiger partial charge in [0.15, 0.2) is 0 Å². The van der Waals surface area contributed by atoms with E-state index in [4.69, 9.17) is 4.74 Å². The first-order chi connectivity index (χ1) is 14.6. The SMILES string of the molecule is O=C([C@H]1Cc2cc([N+](=O)[O-])ccc2N2CCN(C3CCCC3)C[C@H]12)N1CCOCC1. The van der Waals surface area contributed by atoms with Gasteiger partial charge in [-0.15, -0.1) is 0 Å². The van der Waals surface area contributed by atoms with Crippen molar-refractivity contribution in [3.63, 3.8) is 0 Å². The predicted molar refractivity (Wildman–Crippen MR) is 113 cm³/mol. The number of amides is 1. The fourth-order valence-corrected chi connectivity index (χ4v) is 5.85. The van der Waals surface area contributed by atoms with Crippen molar-refractivity contribution in [3.05, 3.63) is 33.9 Å². The predicted octanol–water partition coefficient (Wildman–Crippen LogP) is 2.06. The number of benzene rings is 1. The van der Waals surface area contributed by atoms with Crippen LogP contribution in [0.15, 0.2) is 18.2 Å². The minimum Gasteiger partial charge on any atom is -0.378 e. The molecule has 1 amide bonds. The molecule has 1 aromatic rings. The molecule has 3 aliphatic heterocycles. The molecule has 0 unspecified atom stereocenters. The number of hydrogen-bond donors (Lipinski definition) is 0. The van der Waals surface area contributed by atoms with E-state index in [1.54, 1.807) is 12.1 Å². The number of hydrogen-bond acceptors (Lipinski definition) is 6. The van der Waals surface area contributed by atoms with Gasteiger partial charge in [0.25, 0.3) is 5.69 Å². The second kappa shape index (κ2) is 8.15. The first-order valence-corrected chi connectivity index (χ1v) is 11.3. The molecule has 3 heterocycles. The molecule has 162 valence electrons. The highest BCUT2D eigenvalue weighted by Crippen LogP contribution is 2.39. The smallest absolute Gasteiger partial charge is 0.269 e. The van der Waals surface area contributed by atoms with E-state index < -0.39 is 0 Å². The summed E-state index contributed by atoms with van der Waals surface area (Å²) in [5, 5.41) is 11.3. The van der Waals surface area contributed by atoms with E-state index in [1.165, 1.54) is 25.7 Å². The molecule has 8 nitrogen and oxygen atoms in total. The summed E-state index contributed by atoms with van der Waals surface area (Å²) in [5.41, 5.74) is 2.11. The van der Waals surface area contributed by atoms with Crippen molar-refractivity contribution in [2.75, 3.05) is 50.8 Å². The van der Waals surface area contributed by atoms with Gasteiger partial charge in [0.05, 0.1) is 30.1 Å². The number of carbonyl (C=O) groups is 1. The lowest BCUT2D eigenvalue weighted by Crippen LogP contribution is -2.63. The second-order valence-corrected chi connectivity index (χ2v) is 9.01. The van der Waals surface area contributed by atoms with Crippen LogP contribution in [0.5, 0.6) is 0 Å². The third-order valence-electron chi connectivity index (χ3n) is 7.42. The van der Waals surface area contributed by atoms with Crippen LogP contribution in [-0.4, -0.2) is 78.7 Å². The number of anilines is 1. The maximum atomic E-state index is 13.6. The molecule has 2 saturated heterocycles. The van der Waals surface area contributed by atoms with Crippen LogP contribution in [-0.2, 0) is 16.0 Å². The van der Waals surface area contributed by atoms with Crippen LogP contribution in [0, 0.1) is 16.0 Å². The quantitative estimate of drug-likeness (QED) is 0.557.